The van der Waals surface area contributed by atoms with Gasteiger partial charge < -0.3 is 5.11 Å². The number of β-amino-alcohol motifs (C(OH)–C–C–N with tert-alkyl or cyclic N) is 1. The van der Waals surface area contributed by atoms with E-state index in [0.29, 0.717) is 0 Å². The first-order valence-electron chi connectivity index (χ1n) is 4.98. The summed E-state index contributed by atoms with van der Waals surface area (Å²) in [6.07, 6.45) is 2.57. The third kappa shape index (κ3) is 2.76. The van der Waals surface area contributed by atoms with E-state index in [4.69, 9.17) is 0 Å². The fourth-order valence-electron chi connectivity index (χ4n) is 2.07. The van der Waals surface area contributed by atoms with Crippen molar-refractivity contribution in [1.29, 1.82) is 0 Å². The molecule has 0 aromatic heterocycles. The van der Waals surface area contributed by atoms with Crippen LogP contribution in [0.5, 0.6) is 0 Å². The molecule has 72 valence electrons. The molecule has 0 bridgehead atoms. The first-order chi connectivity index (χ1) is 5.53. The van der Waals surface area contributed by atoms with Crippen molar-refractivity contribution in [3.8, 4) is 0 Å². The van der Waals surface area contributed by atoms with Crippen molar-refractivity contribution in [1.82, 2.24) is 4.90 Å². The highest BCUT2D eigenvalue weighted by Gasteiger charge is 2.36. The zero-order valence-corrected chi connectivity index (χ0v) is 8.51. The predicted molar refractivity (Wildman–Crippen MR) is 51.1 cm³/mol. The van der Waals surface area contributed by atoms with Crippen LogP contribution >= 0.6 is 0 Å². The minimum absolute atomic E-state index is 0.397. The van der Waals surface area contributed by atoms with Gasteiger partial charge in [-0.25, -0.2) is 0 Å². The number of nitrogens with zero attached hydrogens (tertiary/aromatic N) is 1. The first-order valence-corrected chi connectivity index (χ1v) is 4.98. The van der Waals surface area contributed by atoms with Gasteiger partial charge in [-0.05, 0) is 19.3 Å². The van der Waals surface area contributed by atoms with Gasteiger partial charge >= 0.3 is 0 Å². The number of likely N-dealkylation sites (tertiary alicyclic amines) is 1. The Balaban J connectivity index is 2.10. The summed E-state index contributed by atoms with van der Waals surface area (Å²) in [5.74, 6) is 0.783. The van der Waals surface area contributed by atoms with Crippen LogP contribution in [0.2, 0.25) is 0 Å². The van der Waals surface area contributed by atoms with Crippen molar-refractivity contribution < 1.29 is 5.11 Å². The smallest absolute Gasteiger partial charge is 0.0872 e. The van der Waals surface area contributed by atoms with E-state index in [1.807, 2.05) is 6.92 Å². The lowest BCUT2D eigenvalue weighted by molar-refractivity contribution is -0.0878. The normalized spacial score (nSPS) is 25.0. The number of hydrogen-bond acceptors (Lipinski definition) is 2. The molecule has 1 rings (SSSR count). The first kappa shape index (κ1) is 10.0. The zero-order valence-electron chi connectivity index (χ0n) is 8.51. The van der Waals surface area contributed by atoms with Gasteiger partial charge in [0.1, 0.15) is 0 Å². The quantitative estimate of drug-likeness (QED) is 0.692. The summed E-state index contributed by atoms with van der Waals surface area (Å²) in [5.41, 5.74) is -0.397. The van der Waals surface area contributed by atoms with Crippen LogP contribution in [-0.2, 0) is 0 Å². The Kier molecular flexibility index (Phi) is 3.13. The van der Waals surface area contributed by atoms with E-state index in [-0.39, 0.29) is 0 Å². The molecule has 1 aliphatic heterocycles. The van der Waals surface area contributed by atoms with Crippen LogP contribution in [0.15, 0.2) is 0 Å². The molecule has 1 unspecified atom stereocenters. The number of aliphatic hydroxyl groups is 1. The second-order valence-corrected chi connectivity index (χ2v) is 4.56. The molecule has 0 spiro atoms. The Labute approximate surface area is 75.6 Å². The lowest BCUT2D eigenvalue weighted by atomic mass is 9.94. The predicted octanol–water partition coefficient (Wildman–Crippen LogP) is 1.49. The minimum atomic E-state index is -0.397. The van der Waals surface area contributed by atoms with E-state index in [2.05, 4.69) is 18.7 Å². The summed E-state index contributed by atoms with van der Waals surface area (Å²) >= 11 is 0. The van der Waals surface area contributed by atoms with Crippen molar-refractivity contribution in [2.75, 3.05) is 19.6 Å². The lowest BCUT2D eigenvalue weighted by Crippen LogP contribution is -2.60. The third-order valence-corrected chi connectivity index (χ3v) is 2.48. The molecule has 0 radical (unpaired) electrons. The van der Waals surface area contributed by atoms with E-state index in [9.17, 15) is 5.11 Å². The average Bonchev–Trinajstić information content (AvgIpc) is 1.83. The van der Waals surface area contributed by atoms with E-state index in [1.165, 1.54) is 12.8 Å². The molecule has 12 heavy (non-hydrogen) atoms. The maximum Gasteiger partial charge on any atom is 0.0872 e. The molecule has 1 aliphatic rings. The molecular formula is C10H21NO. The Morgan fingerprint density at radius 2 is 2.08 bits per heavy atom. The van der Waals surface area contributed by atoms with E-state index in [1.54, 1.807) is 0 Å². The maximum atomic E-state index is 9.48. The molecule has 1 saturated heterocycles. The fraction of sp³-hybridized carbons (Fsp3) is 1.00. The highest BCUT2D eigenvalue weighted by Crippen LogP contribution is 2.21. The molecule has 1 heterocycles. The van der Waals surface area contributed by atoms with Crippen LogP contribution in [0, 0.1) is 5.92 Å². The molecule has 2 nitrogen and oxygen atoms in total. The van der Waals surface area contributed by atoms with Crippen molar-refractivity contribution in [2.24, 2.45) is 5.92 Å². The van der Waals surface area contributed by atoms with Gasteiger partial charge in [-0.3, -0.25) is 4.90 Å². The molecule has 1 N–H and O–H groups in total. The third-order valence-electron chi connectivity index (χ3n) is 2.48. The molecule has 1 fully saturated rings. The molecule has 0 aliphatic carbocycles. The standard InChI is InChI=1S/C10H21NO/c1-4-5-9(2)6-11-7-10(3,12)8-11/h9,12H,4-8H2,1-3H3. The van der Waals surface area contributed by atoms with Crippen LogP contribution in [0.3, 0.4) is 0 Å². The molecule has 0 amide bonds. The minimum Gasteiger partial charge on any atom is -0.388 e. The largest absolute Gasteiger partial charge is 0.388 e. The van der Waals surface area contributed by atoms with Gasteiger partial charge in [-0.15, -0.1) is 0 Å². The van der Waals surface area contributed by atoms with E-state index < -0.39 is 5.60 Å². The van der Waals surface area contributed by atoms with Crippen LogP contribution in [0.4, 0.5) is 0 Å². The molecule has 2 heteroatoms. The van der Waals surface area contributed by atoms with Gasteiger partial charge in [0.25, 0.3) is 0 Å². The Morgan fingerprint density at radius 3 is 2.50 bits per heavy atom. The SMILES string of the molecule is CCCC(C)CN1CC(C)(O)C1. The second-order valence-electron chi connectivity index (χ2n) is 4.56. The van der Waals surface area contributed by atoms with E-state index in [0.717, 1.165) is 25.6 Å². The average molecular weight is 171 g/mol. The second kappa shape index (κ2) is 3.75. The fourth-order valence-corrected chi connectivity index (χ4v) is 2.07. The summed E-state index contributed by atoms with van der Waals surface area (Å²) < 4.78 is 0. The van der Waals surface area contributed by atoms with E-state index >= 15 is 0 Å². The molecule has 1 atom stereocenters. The van der Waals surface area contributed by atoms with Crippen LogP contribution < -0.4 is 0 Å². The summed E-state index contributed by atoms with van der Waals surface area (Å²) in [5, 5.41) is 9.48. The maximum absolute atomic E-state index is 9.48. The molecule has 0 aromatic rings. The molecule has 0 saturated carbocycles. The Bertz CT molecular complexity index is 137. The highest BCUT2D eigenvalue weighted by atomic mass is 16.3. The topological polar surface area (TPSA) is 23.5 Å². The van der Waals surface area contributed by atoms with Crippen molar-refractivity contribution in [2.45, 2.75) is 39.2 Å². The molecular weight excluding hydrogens is 150 g/mol. The van der Waals surface area contributed by atoms with Crippen LogP contribution in [-0.4, -0.2) is 35.2 Å². The highest BCUT2D eigenvalue weighted by molar-refractivity contribution is 4.91. The number of hydrogen-bond donors (Lipinski definition) is 1. The molecule has 0 aromatic carbocycles. The van der Waals surface area contributed by atoms with Crippen molar-refractivity contribution >= 4 is 0 Å². The van der Waals surface area contributed by atoms with Gasteiger partial charge in [-0.2, -0.15) is 0 Å². The monoisotopic (exact) mass is 171 g/mol. The van der Waals surface area contributed by atoms with Gasteiger partial charge in [0.2, 0.25) is 0 Å². The van der Waals surface area contributed by atoms with Crippen LogP contribution in [0.25, 0.3) is 0 Å². The Hall–Kier alpha value is -0.0800. The summed E-state index contributed by atoms with van der Waals surface area (Å²) in [6.45, 7) is 9.30. The van der Waals surface area contributed by atoms with Crippen molar-refractivity contribution in [3.63, 3.8) is 0 Å². The van der Waals surface area contributed by atoms with Gasteiger partial charge in [0.05, 0.1) is 5.60 Å². The lowest BCUT2D eigenvalue weighted by Gasteiger charge is -2.45. The summed E-state index contributed by atoms with van der Waals surface area (Å²) in [4.78, 5) is 2.33. The number of rotatable bonds is 4. The van der Waals surface area contributed by atoms with Crippen molar-refractivity contribution in [3.05, 3.63) is 0 Å². The van der Waals surface area contributed by atoms with Gasteiger partial charge in [0.15, 0.2) is 0 Å². The Morgan fingerprint density at radius 1 is 1.50 bits per heavy atom. The van der Waals surface area contributed by atoms with Crippen LogP contribution in [0.1, 0.15) is 33.6 Å². The summed E-state index contributed by atoms with van der Waals surface area (Å²) in [7, 11) is 0. The zero-order chi connectivity index (χ0) is 9.19. The van der Waals surface area contributed by atoms with Gasteiger partial charge in [0, 0.05) is 19.6 Å². The van der Waals surface area contributed by atoms with Gasteiger partial charge in [-0.1, -0.05) is 20.3 Å². The summed E-state index contributed by atoms with van der Waals surface area (Å²) in [6, 6.07) is 0.